The van der Waals surface area contributed by atoms with Crippen LogP contribution in [0.3, 0.4) is 0 Å². The molecule has 0 radical (unpaired) electrons. The molecule has 0 aromatic carbocycles. The summed E-state index contributed by atoms with van der Waals surface area (Å²) < 4.78 is 34.2. The van der Waals surface area contributed by atoms with Gasteiger partial charge in [0.15, 0.2) is 0 Å². The first-order valence-electron chi connectivity index (χ1n) is 4.06. The first-order chi connectivity index (χ1) is 7.52. The van der Waals surface area contributed by atoms with Gasteiger partial charge in [0.05, 0.1) is 24.7 Å². The minimum atomic E-state index is -2.91. The smallest absolute Gasteiger partial charge is 0.372 e. The molecule has 0 aliphatic carbocycles. The quantitative estimate of drug-likeness (QED) is 0.587. The third kappa shape index (κ3) is 2.00. The minimum Gasteiger partial charge on any atom is -0.490 e. The molecule has 0 atom stereocenters. The molecule has 0 bridgehead atoms. The molecule has 0 aliphatic rings. The number of aromatic nitrogens is 1. The topological polar surface area (TPSA) is 74.5 Å². The van der Waals surface area contributed by atoms with Crippen LogP contribution in [0.2, 0.25) is 0 Å². The Bertz CT molecular complexity index is 411. The summed E-state index contributed by atoms with van der Waals surface area (Å²) in [6, 6.07) is 0. The number of methoxy groups -OCH3 is 2. The largest absolute Gasteiger partial charge is 0.490 e. The second kappa shape index (κ2) is 4.69. The van der Waals surface area contributed by atoms with Gasteiger partial charge in [-0.1, -0.05) is 0 Å². The molecule has 1 aromatic heterocycles. The van der Waals surface area contributed by atoms with Crippen LogP contribution in [0.15, 0.2) is 6.20 Å². The number of ether oxygens (including phenoxy) is 2. The summed E-state index contributed by atoms with van der Waals surface area (Å²) in [4.78, 5) is 13.2. The van der Waals surface area contributed by atoms with E-state index in [1.807, 2.05) is 0 Å². The summed E-state index contributed by atoms with van der Waals surface area (Å²) in [6.07, 6.45) is -2.12. The van der Waals surface area contributed by atoms with Crippen LogP contribution in [-0.4, -0.2) is 24.1 Å². The number of alkyl halides is 2. The SMILES string of the molecule is COc1ncc(C(F)F)c(OC)c1[N+](=O)[O-]. The zero-order valence-electron chi connectivity index (χ0n) is 8.44. The van der Waals surface area contributed by atoms with Crippen LogP contribution in [0, 0.1) is 10.1 Å². The molecule has 6 nitrogen and oxygen atoms in total. The highest BCUT2D eigenvalue weighted by Crippen LogP contribution is 2.41. The molecular formula is C8H8F2N2O4. The lowest BCUT2D eigenvalue weighted by atomic mass is 10.2. The molecule has 1 aromatic rings. The molecule has 16 heavy (non-hydrogen) atoms. The summed E-state index contributed by atoms with van der Waals surface area (Å²) in [7, 11) is 2.21. The van der Waals surface area contributed by atoms with Gasteiger partial charge in [0.25, 0.3) is 12.3 Å². The van der Waals surface area contributed by atoms with Gasteiger partial charge in [-0.2, -0.15) is 0 Å². The van der Waals surface area contributed by atoms with E-state index in [0.29, 0.717) is 0 Å². The van der Waals surface area contributed by atoms with E-state index in [9.17, 15) is 18.9 Å². The zero-order valence-corrected chi connectivity index (χ0v) is 8.44. The van der Waals surface area contributed by atoms with E-state index in [-0.39, 0.29) is 5.88 Å². The van der Waals surface area contributed by atoms with Crippen molar-refractivity contribution < 1.29 is 23.2 Å². The summed E-state index contributed by atoms with van der Waals surface area (Å²) in [5.74, 6) is -0.905. The number of rotatable bonds is 4. The number of hydrogen-bond donors (Lipinski definition) is 0. The molecule has 0 unspecified atom stereocenters. The highest BCUT2D eigenvalue weighted by Gasteiger charge is 2.30. The number of halogens is 2. The Kier molecular flexibility index (Phi) is 3.54. The molecule has 0 N–H and O–H groups in total. The summed E-state index contributed by atoms with van der Waals surface area (Å²) in [5, 5.41) is 10.7. The highest BCUT2D eigenvalue weighted by molar-refractivity contribution is 5.57. The number of hydrogen-bond acceptors (Lipinski definition) is 5. The predicted molar refractivity (Wildman–Crippen MR) is 49.0 cm³/mol. The van der Waals surface area contributed by atoms with Crippen LogP contribution < -0.4 is 9.47 Å². The lowest BCUT2D eigenvalue weighted by Crippen LogP contribution is -2.03. The fourth-order valence-corrected chi connectivity index (χ4v) is 1.16. The van der Waals surface area contributed by atoms with Crippen LogP contribution in [0.4, 0.5) is 14.5 Å². The van der Waals surface area contributed by atoms with Gasteiger partial charge in [-0.15, -0.1) is 0 Å². The fourth-order valence-electron chi connectivity index (χ4n) is 1.16. The normalized spacial score (nSPS) is 10.3. The Morgan fingerprint density at radius 1 is 1.44 bits per heavy atom. The Hall–Kier alpha value is -1.99. The molecule has 0 amide bonds. The van der Waals surface area contributed by atoms with E-state index >= 15 is 0 Å². The second-order valence-electron chi connectivity index (χ2n) is 2.66. The molecular weight excluding hydrogens is 226 g/mol. The molecule has 0 aliphatic heterocycles. The molecule has 88 valence electrons. The molecule has 1 heterocycles. The highest BCUT2D eigenvalue weighted by atomic mass is 19.3. The van der Waals surface area contributed by atoms with Gasteiger partial charge in [-0.05, 0) is 0 Å². The molecule has 8 heteroatoms. The monoisotopic (exact) mass is 234 g/mol. The third-order valence-corrected chi connectivity index (χ3v) is 1.82. The van der Waals surface area contributed by atoms with Crippen molar-refractivity contribution in [1.82, 2.24) is 4.98 Å². The lowest BCUT2D eigenvalue weighted by Gasteiger charge is -2.09. The molecule has 1 rings (SSSR count). The maximum Gasteiger partial charge on any atom is 0.372 e. The Labute approximate surface area is 89.0 Å². The van der Waals surface area contributed by atoms with Crippen LogP contribution in [0.25, 0.3) is 0 Å². The van der Waals surface area contributed by atoms with Gasteiger partial charge < -0.3 is 9.47 Å². The molecule has 0 fully saturated rings. The van der Waals surface area contributed by atoms with Crippen molar-refractivity contribution in [2.75, 3.05) is 14.2 Å². The van der Waals surface area contributed by atoms with Gasteiger partial charge in [0, 0.05) is 6.20 Å². The van der Waals surface area contributed by atoms with Gasteiger partial charge in [-0.25, -0.2) is 13.8 Å². The van der Waals surface area contributed by atoms with Crippen molar-refractivity contribution in [3.05, 3.63) is 21.9 Å². The molecule has 0 saturated heterocycles. The summed E-state index contributed by atoms with van der Waals surface area (Å²) in [6.45, 7) is 0. The number of nitrogens with zero attached hydrogens (tertiary/aromatic N) is 2. The van der Waals surface area contributed by atoms with E-state index in [0.717, 1.165) is 20.4 Å². The van der Waals surface area contributed by atoms with Crippen molar-refractivity contribution >= 4 is 5.69 Å². The third-order valence-electron chi connectivity index (χ3n) is 1.82. The van der Waals surface area contributed by atoms with Crippen molar-refractivity contribution in [2.24, 2.45) is 0 Å². The van der Waals surface area contributed by atoms with Crippen LogP contribution in [0.1, 0.15) is 12.0 Å². The first kappa shape index (κ1) is 12.1. The fraction of sp³-hybridized carbons (Fsp3) is 0.375. The number of nitro groups is 1. The maximum absolute atomic E-state index is 12.5. The van der Waals surface area contributed by atoms with Gasteiger partial charge in [0.2, 0.25) is 5.75 Å². The predicted octanol–water partition coefficient (Wildman–Crippen LogP) is 1.94. The Balaban J connectivity index is 3.49. The van der Waals surface area contributed by atoms with E-state index in [2.05, 4.69) is 14.5 Å². The van der Waals surface area contributed by atoms with Crippen molar-refractivity contribution in [2.45, 2.75) is 6.43 Å². The van der Waals surface area contributed by atoms with Crippen LogP contribution in [0.5, 0.6) is 11.6 Å². The van der Waals surface area contributed by atoms with Crippen molar-refractivity contribution in [1.29, 1.82) is 0 Å². The molecule has 0 saturated carbocycles. The summed E-state index contributed by atoms with van der Waals surface area (Å²) >= 11 is 0. The second-order valence-corrected chi connectivity index (χ2v) is 2.66. The number of pyridine rings is 1. The first-order valence-corrected chi connectivity index (χ1v) is 4.06. The zero-order chi connectivity index (χ0) is 12.3. The molecule has 0 spiro atoms. The van der Waals surface area contributed by atoms with Crippen LogP contribution in [-0.2, 0) is 0 Å². The van der Waals surface area contributed by atoms with Gasteiger partial charge in [-0.3, -0.25) is 10.1 Å². The minimum absolute atomic E-state index is 0.369. The van der Waals surface area contributed by atoms with Crippen LogP contribution >= 0.6 is 0 Å². The maximum atomic E-state index is 12.5. The standard InChI is InChI=1S/C8H8F2N2O4/c1-15-6-4(7(9)10)3-11-8(16-2)5(6)12(13)14/h3,7H,1-2H3. The van der Waals surface area contributed by atoms with E-state index in [1.54, 1.807) is 0 Å². The van der Waals surface area contributed by atoms with Gasteiger partial charge >= 0.3 is 5.69 Å². The Morgan fingerprint density at radius 3 is 2.44 bits per heavy atom. The van der Waals surface area contributed by atoms with E-state index in [4.69, 9.17) is 0 Å². The van der Waals surface area contributed by atoms with E-state index in [1.165, 1.54) is 0 Å². The Morgan fingerprint density at radius 2 is 2.06 bits per heavy atom. The van der Waals surface area contributed by atoms with Gasteiger partial charge in [0.1, 0.15) is 0 Å². The van der Waals surface area contributed by atoms with Crippen molar-refractivity contribution in [3.63, 3.8) is 0 Å². The average molecular weight is 234 g/mol. The summed E-state index contributed by atoms with van der Waals surface area (Å²) in [5.41, 5.74) is -1.35. The van der Waals surface area contributed by atoms with E-state index < -0.39 is 28.3 Å². The average Bonchev–Trinajstić information content (AvgIpc) is 2.26. The lowest BCUT2D eigenvalue weighted by molar-refractivity contribution is -0.387. The van der Waals surface area contributed by atoms with Crippen molar-refractivity contribution in [3.8, 4) is 11.6 Å².